The Kier molecular flexibility index (Phi) is 5.52. The van der Waals surface area contributed by atoms with Gasteiger partial charge < -0.3 is 14.5 Å². The second-order valence-electron chi connectivity index (χ2n) is 7.38. The van der Waals surface area contributed by atoms with E-state index in [2.05, 4.69) is 26.8 Å². The van der Waals surface area contributed by atoms with Crippen molar-refractivity contribution in [3.8, 4) is 0 Å². The summed E-state index contributed by atoms with van der Waals surface area (Å²) in [7, 11) is 1.39. The molecule has 1 heterocycles. The molecule has 1 aromatic carbocycles. The first kappa shape index (κ1) is 18.3. The second-order valence-corrected chi connectivity index (χ2v) is 7.38. The minimum atomic E-state index is -0.324. The molecule has 0 unspecified atom stereocenters. The van der Waals surface area contributed by atoms with Crippen LogP contribution in [0.25, 0.3) is 0 Å². The van der Waals surface area contributed by atoms with Crippen molar-refractivity contribution in [2.75, 3.05) is 33.3 Å². The molecule has 1 fully saturated rings. The van der Waals surface area contributed by atoms with Crippen LogP contribution < -0.4 is 0 Å². The van der Waals surface area contributed by atoms with Gasteiger partial charge in [-0.25, -0.2) is 4.79 Å². The van der Waals surface area contributed by atoms with Crippen LogP contribution >= 0.6 is 0 Å². The fraction of sp³-hybridized carbons (Fsp3) is 0.579. The molecule has 1 aliphatic rings. The van der Waals surface area contributed by atoms with E-state index in [1.54, 1.807) is 4.90 Å². The minimum Gasteiger partial charge on any atom is -0.453 e. The number of methoxy groups -OCH3 is 1. The van der Waals surface area contributed by atoms with E-state index in [9.17, 15) is 9.59 Å². The van der Waals surface area contributed by atoms with Gasteiger partial charge in [0, 0.05) is 31.7 Å². The predicted molar refractivity (Wildman–Crippen MR) is 94.4 cm³/mol. The zero-order valence-corrected chi connectivity index (χ0v) is 15.4. The third-order valence-corrected chi connectivity index (χ3v) is 4.54. The van der Waals surface area contributed by atoms with Crippen molar-refractivity contribution < 1.29 is 14.3 Å². The number of carbonyl (C=O) groups excluding carboxylic acids is 2. The molecular weight excluding hydrogens is 304 g/mol. The maximum Gasteiger partial charge on any atom is 0.409 e. The number of ether oxygens (including phenoxy) is 1. The minimum absolute atomic E-state index is 0.0414. The molecular formula is C19H28N2O3. The summed E-state index contributed by atoms with van der Waals surface area (Å²) in [5.74, 6) is 0.0414. The summed E-state index contributed by atoms with van der Waals surface area (Å²) < 4.78 is 4.77. The molecule has 5 nitrogen and oxygen atoms in total. The Morgan fingerprint density at radius 1 is 1.04 bits per heavy atom. The van der Waals surface area contributed by atoms with Crippen LogP contribution in [0.1, 0.15) is 48.7 Å². The summed E-state index contributed by atoms with van der Waals surface area (Å²) in [4.78, 5) is 28.0. The van der Waals surface area contributed by atoms with Gasteiger partial charge in [-0.3, -0.25) is 4.79 Å². The molecule has 5 heteroatoms. The maximum absolute atomic E-state index is 12.9. The van der Waals surface area contributed by atoms with Crippen LogP contribution in [-0.2, 0) is 10.2 Å². The highest BCUT2D eigenvalue weighted by atomic mass is 16.5. The molecule has 0 atom stereocenters. The Labute approximate surface area is 144 Å². The molecule has 0 aromatic heterocycles. The monoisotopic (exact) mass is 332 g/mol. The lowest BCUT2D eigenvalue weighted by Crippen LogP contribution is -2.37. The number of aryl methyl sites for hydroxylation is 1. The molecule has 132 valence electrons. The number of amides is 2. The van der Waals surface area contributed by atoms with Gasteiger partial charge in [0.2, 0.25) is 0 Å². The Hall–Kier alpha value is -2.04. The fourth-order valence-electron chi connectivity index (χ4n) is 2.97. The molecule has 0 aliphatic carbocycles. The molecule has 0 bridgehead atoms. The SMILES string of the molecule is COC(=O)N1CCCN(C(=O)c2ccc(C(C)(C)C)cc2C)CC1. The molecule has 0 spiro atoms. The highest BCUT2D eigenvalue weighted by Crippen LogP contribution is 2.25. The first-order valence-electron chi connectivity index (χ1n) is 8.47. The first-order valence-corrected chi connectivity index (χ1v) is 8.47. The quantitative estimate of drug-likeness (QED) is 0.793. The molecule has 1 aromatic rings. The van der Waals surface area contributed by atoms with E-state index < -0.39 is 0 Å². The number of benzene rings is 1. The highest BCUT2D eigenvalue weighted by Gasteiger charge is 2.24. The van der Waals surface area contributed by atoms with Crippen LogP contribution in [0.2, 0.25) is 0 Å². The van der Waals surface area contributed by atoms with Gasteiger partial charge in [-0.15, -0.1) is 0 Å². The topological polar surface area (TPSA) is 49.9 Å². The second kappa shape index (κ2) is 7.24. The van der Waals surface area contributed by atoms with E-state index in [0.717, 1.165) is 17.5 Å². The lowest BCUT2D eigenvalue weighted by Gasteiger charge is -2.24. The zero-order valence-electron chi connectivity index (χ0n) is 15.4. The lowest BCUT2D eigenvalue weighted by molar-refractivity contribution is 0.0756. The Morgan fingerprint density at radius 2 is 1.67 bits per heavy atom. The molecule has 2 rings (SSSR count). The summed E-state index contributed by atoms with van der Waals surface area (Å²) >= 11 is 0. The fourth-order valence-corrected chi connectivity index (χ4v) is 2.97. The Morgan fingerprint density at radius 3 is 2.25 bits per heavy atom. The smallest absolute Gasteiger partial charge is 0.409 e. The number of carbonyl (C=O) groups is 2. The van der Waals surface area contributed by atoms with Gasteiger partial charge in [0.1, 0.15) is 0 Å². The van der Waals surface area contributed by atoms with Gasteiger partial charge in [-0.2, -0.15) is 0 Å². The number of hydrogen-bond acceptors (Lipinski definition) is 3. The van der Waals surface area contributed by atoms with E-state index >= 15 is 0 Å². The normalized spacial score (nSPS) is 15.9. The average Bonchev–Trinajstić information content (AvgIpc) is 2.78. The lowest BCUT2D eigenvalue weighted by atomic mass is 9.85. The average molecular weight is 332 g/mol. The van der Waals surface area contributed by atoms with Crippen molar-refractivity contribution in [3.05, 3.63) is 34.9 Å². The van der Waals surface area contributed by atoms with Crippen molar-refractivity contribution in [1.82, 2.24) is 9.80 Å². The van der Waals surface area contributed by atoms with Gasteiger partial charge >= 0.3 is 6.09 Å². The Bertz CT molecular complexity index is 620. The summed E-state index contributed by atoms with van der Waals surface area (Å²) in [6, 6.07) is 6.08. The third-order valence-electron chi connectivity index (χ3n) is 4.54. The standard InChI is InChI=1S/C19H28N2O3/c1-14-13-15(19(2,3)4)7-8-16(14)17(22)20-9-6-10-21(12-11-20)18(23)24-5/h7-8,13H,6,9-12H2,1-5H3. The molecule has 1 aliphatic heterocycles. The molecule has 2 amide bonds. The van der Waals surface area contributed by atoms with Gasteiger partial charge in [0.15, 0.2) is 0 Å². The van der Waals surface area contributed by atoms with Crippen molar-refractivity contribution in [1.29, 1.82) is 0 Å². The summed E-state index contributed by atoms with van der Waals surface area (Å²) in [6.45, 7) is 10.8. The van der Waals surface area contributed by atoms with E-state index in [4.69, 9.17) is 4.74 Å². The third kappa shape index (κ3) is 4.08. The van der Waals surface area contributed by atoms with Crippen LogP contribution in [0.4, 0.5) is 4.79 Å². The largest absolute Gasteiger partial charge is 0.453 e. The van der Waals surface area contributed by atoms with Crippen LogP contribution in [0, 0.1) is 6.92 Å². The van der Waals surface area contributed by atoms with E-state index in [1.165, 1.54) is 12.7 Å². The summed E-state index contributed by atoms with van der Waals surface area (Å²) in [6.07, 6.45) is 0.440. The first-order chi connectivity index (χ1) is 11.2. The number of rotatable bonds is 1. The van der Waals surface area contributed by atoms with Crippen LogP contribution in [-0.4, -0.2) is 55.1 Å². The van der Waals surface area contributed by atoms with Crippen molar-refractivity contribution in [2.24, 2.45) is 0 Å². The van der Waals surface area contributed by atoms with Crippen molar-refractivity contribution in [3.63, 3.8) is 0 Å². The van der Waals surface area contributed by atoms with Crippen molar-refractivity contribution in [2.45, 2.75) is 39.5 Å². The molecule has 0 radical (unpaired) electrons. The van der Waals surface area contributed by atoms with Crippen LogP contribution in [0.5, 0.6) is 0 Å². The maximum atomic E-state index is 12.9. The molecule has 0 N–H and O–H groups in total. The van der Waals surface area contributed by atoms with E-state index in [-0.39, 0.29) is 17.4 Å². The van der Waals surface area contributed by atoms with Gasteiger partial charge in [0.05, 0.1) is 7.11 Å². The van der Waals surface area contributed by atoms with Gasteiger partial charge in [-0.05, 0) is 36.0 Å². The highest BCUT2D eigenvalue weighted by molar-refractivity contribution is 5.95. The number of nitrogens with zero attached hydrogens (tertiary/aromatic N) is 2. The molecule has 0 saturated carbocycles. The molecule has 24 heavy (non-hydrogen) atoms. The van der Waals surface area contributed by atoms with Gasteiger partial charge in [0.25, 0.3) is 5.91 Å². The van der Waals surface area contributed by atoms with Crippen LogP contribution in [0.15, 0.2) is 18.2 Å². The summed E-state index contributed by atoms with van der Waals surface area (Å²) in [5, 5.41) is 0. The van der Waals surface area contributed by atoms with E-state index in [1.807, 2.05) is 24.0 Å². The number of hydrogen-bond donors (Lipinski definition) is 0. The summed E-state index contributed by atoms with van der Waals surface area (Å²) in [5.41, 5.74) is 3.04. The van der Waals surface area contributed by atoms with Crippen LogP contribution in [0.3, 0.4) is 0 Å². The Balaban J connectivity index is 2.13. The predicted octanol–water partition coefficient (Wildman–Crippen LogP) is 3.21. The molecule has 1 saturated heterocycles. The van der Waals surface area contributed by atoms with E-state index in [0.29, 0.717) is 26.2 Å². The zero-order chi connectivity index (χ0) is 17.9. The van der Waals surface area contributed by atoms with Gasteiger partial charge in [-0.1, -0.05) is 32.9 Å². The van der Waals surface area contributed by atoms with Crippen molar-refractivity contribution >= 4 is 12.0 Å².